The molecule has 0 unspecified atom stereocenters. The average Bonchev–Trinajstić information content (AvgIpc) is 2.69. The molecule has 0 fully saturated rings. The van der Waals surface area contributed by atoms with Gasteiger partial charge in [0.2, 0.25) is 0 Å². The second-order valence-corrected chi connectivity index (χ2v) is 8.50. The van der Waals surface area contributed by atoms with Crippen molar-refractivity contribution in [3.8, 4) is 0 Å². The minimum Gasteiger partial charge on any atom is -0.288 e. The highest BCUT2D eigenvalue weighted by Gasteiger charge is 2.24. The van der Waals surface area contributed by atoms with E-state index >= 15 is 0 Å². The van der Waals surface area contributed by atoms with Gasteiger partial charge in [-0.15, -0.1) is 0 Å². The number of hydrogen-bond acceptors (Lipinski definition) is 5. The topological polar surface area (TPSA) is 106 Å². The number of nitrogens with zero attached hydrogens (tertiary/aromatic N) is 1. The van der Waals surface area contributed by atoms with Crippen LogP contribution < -0.4 is 4.72 Å². The van der Waals surface area contributed by atoms with E-state index in [1.807, 2.05) is 0 Å². The minimum atomic E-state index is -4.35. The predicted molar refractivity (Wildman–Crippen MR) is 110 cm³/mol. The molecule has 154 valence electrons. The van der Waals surface area contributed by atoms with Gasteiger partial charge in [-0.3, -0.25) is 19.6 Å². The summed E-state index contributed by atoms with van der Waals surface area (Å²) < 4.78 is 41.8. The van der Waals surface area contributed by atoms with Crippen LogP contribution in [0, 0.1) is 15.9 Å². The quantitative estimate of drug-likeness (QED) is 0.308. The largest absolute Gasteiger partial charge is 0.289 e. The van der Waals surface area contributed by atoms with Crippen molar-refractivity contribution in [2.45, 2.75) is 4.90 Å². The van der Waals surface area contributed by atoms with Crippen LogP contribution in [-0.2, 0) is 10.0 Å². The van der Waals surface area contributed by atoms with Crippen molar-refractivity contribution < 1.29 is 22.5 Å². The Morgan fingerprint density at radius 3 is 2.37 bits per heavy atom. The molecule has 0 atom stereocenters. The van der Waals surface area contributed by atoms with Gasteiger partial charge in [-0.25, -0.2) is 12.8 Å². The van der Waals surface area contributed by atoms with E-state index in [9.17, 15) is 27.7 Å². The Balaban J connectivity index is 2.06. The Bertz CT molecular complexity index is 1280. The van der Waals surface area contributed by atoms with Crippen LogP contribution in [0.5, 0.6) is 0 Å². The van der Waals surface area contributed by atoms with Crippen molar-refractivity contribution in [3.63, 3.8) is 0 Å². The third kappa shape index (κ3) is 4.43. The van der Waals surface area contributed by atoms with Crippen LogP contribution in [0.1, 0.15) is 15.9 Å². The molecule has 0 aliphatic carbocycles. The molecule has 0 aromatic heterocycles. The van der Waals surface area contributed by atoms with Gasteiger partial charge in [-0.2, -0.15) is 0 Å². The van der Waals surface area contributed by atoms with Crippen LogP contribution in [0.15, 0.2) is 65.6 Å². The summed E-state index contributed by atoms with van der Waals surface area (Å²) in [6.07, 6.45) is 0. The fourth-order valence-corrected chi connectivity index (χ4v) is 4.04. The van der Waals surface area contributed by atoms with Gasteiger partial charge in [0.15, 0.2) is 5.78 Å². The van der Waals surface area contributed by atoms with Crippen LogP contribution in [0.2, 0.25) is 10.0 Å². The number of ketones is 1. The predicted octanol–water partition coefficient (Wildman–Crippen LogP) is 5.07. The zero-order chi connectivity index (χ0) is 22.1. The lowest BCUT2D eigenvalue weighted by atomic mass is 10.0. The van der Waals surface area contributed by atoms with Gasteiger partial charge in [0.25, 0.3) is 15.7 Å². The molecule has 1 N–H and O–H groups in total. The summed E-state index contributed by atoms with van der Waals surface area (Å²) in [6, 6.07) is 11.9. The fraction of sp³-hybridized carbons (Fsp3) is 0. The lowest BCUT2D eigenvalue weighted by molar-refractivity contribution is -0.384. The van der Waals surface area contributed by atoms with Crippen molar-refractivity contribution in [3.05, 3.63) is 97.8 Å². The first-order valence-electron chi connectivity index (χ1n) is 8.15. The third-order valence-corrected chi connectivity index (χ3v) is 5.93. The number of nitrogens with one attached hydrogen (secondary N) is 1. The van der Waals surface area contributed by atoms with E-state index in [0.29, 0.717) is 0 Å². The van der Waals surface area contributed by atoms with Crippen LogP contribution in [-0.4, -0.2) is 19.1 Å². The molecular formula is C19H11Cl2FN2O5S. The van der Waals surface area contributed by atoms with Gasteiger partial charge in [0.1, 0.15) is 10.8 Å². The summed E-state index contributed by atoms with van der Waals surface area (Å²) >= 11 is 11.7. The number of nitro benzene ring substituents is 1. The highest BCUT2D eigenvalue weighted by atomic mass is 35.5. The van der Waals surface area contributed by atoms with Gasteiger partial charge in [-0.1, -0.05) is 35.3 Å². The number of carbonyl (C=O) groups is 1. The molecule has 0 saturated heterocycles. The van der Waals surface area contributed by atoms with E-state index < -0.39 is 37.1 Å². The summed E-state index contributed by atoms with van der Waals surface area (Å²) in [6.45, 7) is 0. The molecule has 0 saturated carbocycles. The number of sulfonamides is 1. The second-order valence-electron chi connectivity index (χ2n) is 5.97. The first kappa shape index (κ1) is 21.7. The van der Waals surface area contributed by atoms with E-state index in [1.165, 1.54) is 36.4 Å². The van der Waals surface area contributed by atoms with E-state index in [2.05, 4.69) is 4.72 Å². The van der Waals surface area contributed by atoms with Crippen LogP contribution in [0.25, 0.3) is 0 Å². The first-order valence-corrected chi connectivity index (χ1v) is 10.4. The molecule has 0 aliphatic heterocycles. The molecule has 3 aromatic carbocycles. The summed E-state index contributed by atoms with van der Waals surface area (Å²) in [7, 11) is -4.35. The SMILES string of the molecule is O=C(c1ccccc1F)c1cc(Cl)ccc1NS(=O)(=O)c1ccc(Cl)c([N+](=O)[O-])c1. The maximum atomic E-state index is 14.0. The molecule has 0 spiro atoms. The van der Waals surface area contributed by atoms with Crippen molar-refractivity contribution >= 4 is 50.4 Å². The minimum absolute atomic E-state index is 0.125. The lowest BCUT2D eigenvalue weighted by Gasteiger charge is -2.13. The van der Waals surface area contributed by atoms with Gasteiger partial charge in [-0.05, 0) is 42.5 Å². The van der Waals surface area contributed by atoms with Crippen molar-refractivity contribution in [1.82, 2.24) is 0 Å². The van der Waals surface area contributed by atoms with E-state index in [4.69, 9.17) is 23.2 Å². The van der Waals surface area contributed by atoms with Gasteiger partial charge in [0.05, 0.1) is 21.1 Å². The molecule has 0 aliphatic rings. The average molecular weight is 469 g/mol. The van der Waals surface area contributed by atoms with Gasteiger partial charge < -0.3 is 0 Å². The molecule has 3 aromatic rings. The monoisotopic (exact) mass is 468 g/mol. The van der Waals surface area contributed by atoms with Crippen LogP contribution in [0.4, 0.5) is 15.8 Å². The molecule has 0 bridgehead atoms. The van der Waals surface area contributed by atoms with Gasteiger partial charge in [0, 0.05) is 16.7 Å². The lowest BCUT2D eigenvalue weighted by Crippen LogP contribution is -2.16. The normalized spacial score (nSPS) is 11.2. The molecule has 0 radical (unpaired) electrons. The number of carbonyl (C=O) groups excluding carboxylic acids is 1. The number of rotatable bonds is 6. The molecule has 0 heterocycles. The molecule has 11 heteroatoms. The zero-order valence-electron chi connectivity index (χ0n) is 14.8. The number of anilines is 1. The Labute approximate surface area is 180 Å². The molecule has 30 heavy (non-hydrogen) atoms. The van der Waals surface area contributed by atoms with Crippen molar-refractivity contribution in [1.29, 1.82) is 0 Å². The highest BCUT2D eigenvalue weighted by molar-refractivity contribution is 7.92. The highest BCUT2D eigenvalue weighted by Crippen LogP contribution is 2.30. The molecule has 7 nitrogen and oxygen atoms in total. The van der Waals surface area contributed by atoms with Gasteiger partial charge >= 0.3 is 0 Å². The van der Waals surface area contributed by atoms with E-state index in [-0.39, 0.29) is 26.9 Å². The van der Waals surface area contributed by atoms with Crippen molar-refractivity contribution in [2.75, 3.05) is 4.72 Å². The van der Waals surface area contributed by atoms with Crippen molar-refractivity contribution in [2.24, 2.45) is 0 Å². The second kappa shape index (κ2) is 8.39. The number of nitro groups is 1. The van der Waals surface area contributed by atoms with Crippen LogP contribution >= 0.6 is 23.2 Å². The third-order valence-electron chi connectivity index (χ3n) is 4.01. The Hall–Kier alpha value is -3.01. The fourth-order valence-electron chi connectivity index (χ4n) is 2.59. The molecule has 3 rings (SSSR count). The Morgan fingerprint density at radius 1 is 1.00 bits per heavy atom. The Morgan fingerprint density at radius 2 is 1.70 bits per heavy atom. The molecule has 0 amide bonds. The van der Waals surface area contributed by atoms with E-state index in [1.54, 1.807) is 0 Å². The maximum absolute atomic E-state index is 14.0. The number of benzene rings is 3. The van der Waals surface area contributed by atoms with Crippen LogP contribution in [0.3, 0.4) is 0 Å². The number of hydrogen-bond donors (Lipinski definition) is 1. The summed E-state index contributed by atoms with van der Waals surface area (Å²) in [4.78, 5) is 22.6. The number of halogens is 3. The molecular weight excluding hydrogens is 458 g/mol. The smallest absolute Gasteiger partial charge is 0.288 e. The summed E-state index contributed by atoms with van der Waals surface area (Å²) in [5.74, 6) is -1.58. The maximum Gasteiger partial charge on any atom is 0.289 e. The van der Waals surface area contributed by atoms with E-state index in [0.717, 1.165) is 24.3 Å². The summed E-state index contributed by atoms with van der Waals surface area (Å²) in [5, 5.41) is 10.9. The Kier molecular flexibility index (Phi) is 6.06. The summed E-state index contributed by atoms with van der Waals surface area (Å²) in [5.41, 5.74) is -1.24. The standard InChI is InChI=1S/C19H11Cl2FN2O5S/c20-11-5-8-17(14(9-11)19(25)13-3-1-2-4-16(13)22)23-30(28,29)12-6-7-15(21)18(10-12)24(26)27/h1-10,23H. The first-order chi connectivity index (χ1) is 14.1. The zero-order valence-corrected chi connectivity index (χ0v) is 17.1.